The maximum Gasteiger partial charge on any atom is 0.282 e. The number of nitrogens with one attached hydrogen (secondary N) is 1. The summed E-state index contributed by atoms with van der Waals surface area (Å²) >= 11 is 3.34. The number of amides is 2. The number of ether oxygens (including phenoxy) is 2. The van der Waals surface area contributed by atoms with Gasteiger partial charge in [0.05, 0.1) is 12.8 Å². The molecule has 2 amide bonds. The highest BCUT2D eigenvalue weighted by Crippen LogP contribution is 2.30. The van der Waals surface area contributed by atoms with Gasteiger partial charge in [-0.05, 0) is 48.0 Å². The fourth-order valence-electron chi connectivity index (χ4n) is 2.51. The molecule has 0 radical (unpaired) electrons. The van der Waals surface area contributed by atoms with Gasteiger partial charge in [0.1, 0.15) is 12.2 Å². The molecule has 1 heterocycles. The number of nitrogens with zero attached hydrogens (tertiary/aromatic N) is 1. The largest absolute Gasteiger partial charge is 0.493 e. The minimum absolute atomic E-state index is 0.0252. The molecule has 3 rings (SSSR count). The molecule has 0 aliphatic carbocycles. The normalized spacial score (nSPS) is 14.9. The van der Waals surface area contributed by atoms with Crippen LogP contribution in [-0.4, -0.2) is 25.5 Å². The van der Waals surface area contributed by atoms with Gasteiger partial charge < -0.3 is 9.47 Å². The summed E-state index contributed by atoms with van der Waals surface area (Å²) in [6, 6.07) is 12.1. The topological polar surface area (TPSA) is 67.9 Å². The lowest BCUT2D eigenvalue weighted by molar-refractivity contribution is -0.117. The second kappa shape index (κ2) is 7.98. The Balaban J connectivity index is 1.88. The number of anilines is 1. The number of rotatable bonds is 5. The fourth-order valence-corrected chi connectivity index (χ4v) is 2.77. The van der Waals surface area contributed by atoms with Gasteiger partial charge in [-0.1, -0.05) is 27.9 Å². The van der Waals surface area contributed by atoms with Crippen molar-refractivity contribution in [3.63, 3.8) is 0 Å². The predicted molar refractivity (Wildman–Crippen MR) is 105 cm³/mol. The van der Waals surface area contributed by atoms with Crippen LogP contribution in [0.1, 0.15) is 5.56 Å². The van der Waals surface area contributed by atoms with Crippen LogP contribution in [0.15, 0.2) is 52.5 Å². The summed E-state index contributed by atoms with van der Waals surface area (Å²) < 4.78 is 11.5. The van der Waals surface area contributed by atoms with E-state index in [0.717, 1.165) is 4.47 Å². The Bertz CT molecular complexity index is 961. The second-order valence-electron chi connectivity index (χ2n) is 5.52. The van der Waals surface area contributed by atoms with Crippen molar-refractivity contribution in [1.82, 2.24) is 5.43 Å². The van der Waals surface area contributed by atoms with E-state index in [0.29, 0.717) is 22.7 Å². The maximum absolute atomic E-state index is 12.7. The predicted octanol–water partition coefficient (Wildman–Crippen LogP) is 2.93. The highest BCUT2D eigenvalue weighted by Gasteiger charge is 2.34. The molecule has 0 unspecified atom stereocenters. The van der Waals surface area contributed by atoms with Crippen LogP contribution in [0, 0.1) is 12.3 Å². The molecule has 0 spiro atoms. The molecule has 1 saturated heterocycles. The Morgan fingerprint density at radius 3 is 2.59 bits per heavy atom. The third kappa shape index (κ3) is 3.96. The van der Waals surface area contributed by atoms with Gasteiger partial charge in [0.15, 0.2) is 11.5 Å². The third-order valence-electron chi connectivity index (χ3n) is 3.79. The summed E-state index contributed by atoms with van der Waals surface area (Å²) in [6.07, 6.45) is 6.70. The molecular formula is C20H15BrN2O4. The molecule has 2 aromatic carbocycles. The summed E-state index contributed by atoms with van der Waals surface area (Å²) in [6.45, 7) is 0.111. The zero-order valence-corrected chi connectivity index (χ0v) is 15.9. The summed E-state index contributed by atoms with van der Waals surface area (Å²) in [5, 5.41) is 1.21. The lowest BCUT2D eigenvalue weighted by Gasteiger charge is -2.14. The van der Waals surface area contributed by atoms with Crippen LogP contribution in [-0.2, 0) is 9.59 Å². The highest BCUT2D eigenvalue weighted by molar-refractivity contribution is 9.10. The zero-order chi connectivity index (χ0) is 19.4. The molecular weight excluding hydrogens is 412 g/mol. The van der Waals surface area contributed by atoms with Crippen molar-refractivity contribution in [2.45, 2.75) is 0 Å². The lowest BCUT2D eigenvalue weighted by atomic mass is 10.1. The molecule has 1 aliphatic rings. The average Bonchev–Trinajstić information content (AvgIpc) is 2.95. The van der Waals surface area contributed by atoms with Crippen LogP contribution < -0.4 is 19.9 Å². The number of carbonyl (C=O) groups excluding carboxylic acids is 2. The highest BCUT2D eigenvalue weighted by atomic mass is 79.9. The Morgan fingerprint density at radius 2 is 1.93 bits per heavy atom. The van der Waals surface area contributed by atoms with Crippen LogP contribution in [0.4, 0.5) is 5.69 Å². The summed E-state index contributed by atoms with van der Waals surface area (Å²) in [7, 11) is 1.50. The first-order valence-electron chi connectivity index (χ1n) is 7.90. The molecule has 27 heavy (non-hydrogen) atoms. The average molecular weight is 427 g/mol. The molecule has 2 aromatic rings. The van der Waals surface area contributed by atoms with E-state index >= 15 is 0 Å². The maximum atomic E-state index is 12.7. The van der Waals surface area contributed by atoms with Gasteiger partial charge in [0.2, 0.25) is 0 Å². The summed E-state index contributed by atoms with van der Waals surface area (Å²) in [4.78, 5) is 24.9. The Morgan fingerprint density at radius 1 is 1.19 bits per heavy atom. The third-order valence-corrected chi connectivity index (χ3v) is 4.31. The van der Waals surface area contributed by atoms with Crippen molar-refractivity contribution in [1.29, 1.82) is 0 Å². The lowest BCUT2D eigenvalue weighted by Crippen LogP contribution is -2.35. The smallest absolute Gasteiger partial charge is 0.282 e. The van der Waals surface area contributed by atoms with Gasteiger partial charge in [-0.3, -0.25) is 15.0 Å². The number of hydrogen-bond donors (Lipinski definition) is 1. The zero-order valence-electron chi connectivity index (χ0n) is 14.4. The molecule has 6 nitrogen and oxygen atoms in total. The molecule has 1 N–H and O–H groups in total. The quantitative estimate of drug-likeness (QED) is 0.453. The molecule has 7 heteroatoms. The molecule has 136 valence electrons. The van der Waals surface area contributed by atoms with E-state index in [1.54, 1.807) is 42.5 Å². The van der Waals surface area contributed by atoms with Crippen molar-refractivity contribution in [3.05, 3.63) is 58.1 Å². The van der Waals surface area contributed by atoms with Gasteiger partial charge >= 0.3 is 0 Å². The van der Waals surface area contributed by atoms with Crippen LogP contribution >= 0.6 is 15.9 Å². The van der Waals surface area contributed by atoms with Crippen LogP contribution in [0.5, 0.6) is 11.5 Å². The molecule has 0 saturated carbocycles. The summed E-state index contributed by atoms with van der Waals surface area (Å²) in [5.41, 5.74) is 3.77. The van der Waals surface area contributed by atoms with E-state index in [-0.39, 0.29) is 12.2 Å². The number of halogens is 1. The van der Waals surface area contributed by atoms with Gasteiger partial charge in [-0.25, -0.2) is 5.01 Å². The van der Waals surface area contributed by atoms with E-state index in [1.165, 1.54) is 18.2 Å². The number of benzene rings is 2. The number of carbonyl (C=O) groups is 2. The van der Waals surface area contributed by atoms with Crippen molar-refractivity contribution in [3.8, 4) is 23.8 Å². The van der Waals surface area contributed by atoms with E-state index in [2.05, 4.69) is 27.3 Å². The second-order valence-corrected chi connectivity index (χ2v) is 6.43. The number of terminal acetylenes is 1. The Labute approximate surface area is 164 Å². The van der Waals surface area contributed by atoms with Gasteiger partial charge in [-0.2, -0.15) is 0 Å². The SMILES string of the molecule is C#CCOc1ccc(/C=C2/C(=O)NN(c3ccc(Br)cc3)C2=O)cc1OC. The molecule has 0 atom stereocenters. The monoisotopic (exact) mass is 426 g/mol. The standard InChI is InChI=1S/C20H15BrN2O4/c1-3-10-27-17-9-4-13(12-18(17)26-2)11-16-19(24)22-23(20(16)25)15-7-5-14(21)6-8-15/h1,4-9,11-12H,10H2,2H3,(H,22,24)/b16-11-. The Kier molecular flexibility index (Phi) is 5.48. The van der Waals surface area contributed by atoms with E-state index in [9.17, 15) is 9.59 Å². The minimum atomic E-state index is -0.477. The van der Waals surface area contributed by atoms with Gasteiger partial charge in [0, 0.05) is 4.47 Å². The van der Waals surface area contributed by atoms with Crippen LogP contribution in [0.2, 0.25) is 0 Å². The summed E-state index contributed by atoms with van der Waals surface area (Å²) in [5.74, 6) is 2.40. The minimum Gasteiger partial charge on any atom is -0.493 e. The van der Waals surface area contributed by atoms with Crippen molar-refractivity contribution >= 4 is 39.5 Å². The first kappa shape index (κ1) is 18.5. The van der Waals surface area contributed by atoms with Gasteiger partial charge in [-0.15, -0.1) is 6.42 Å². The number of methoxy groups -OCH3 is 1. The molecule has 1 fully saturated rings. The van der Waals surface area contributed by atoms with Crippen molar-refractivity contribution < 1.29 is 19.1 Å². The number of hydrogen-bond acceptors (Lipinski definition) is 4. The number of hydrazine groups is 1. The van der Waals surface area contributed by atoms with Gasteiger partial charge in [0.25, 0.3) is 11.8 Å². The fraction of sp³-hybridized carbons (Fsp3) is 0.100. The van der Waals surface area contributed by atoms with E-state index in [1.807, 2.05) is 0 Å². The van der Waals surface area contributed by atoms with E-state index in [4.69, 9.17) is 15.9 Å². The first-order chi connectivity index (χ1) is 13.0. The Hall–Kier alpha value is -3.24. The molecule has 0 bridgehead atoms. The molecule has 0 aromatic heterocycles. The van der Waals surface area contributed by atoms with Crippen LogP contribution in [0.25, 0.3) is 6.08 Å². The van der Waals surface area contributed by atoms with Crippen molar-refractivity contribution in [2.24, 2.45) is 0 Å². The van der Waals surface area contributed by atoms with Crippen LogP contribution in [0.3, 0.4) is 0 Å². The van der Waals surface area contributed by atoms with Crippen molar-refractivity contribution in [2.75, 3.05) is 18.7 Å². The molecule has 1 aliphatic heterocycles. The van der Waals surface area contributed by atoms with E-state index < -0.39 is 11.8 Å². The first-order valence-corrected chi connectivity index (χ1v) is 8.70.